The van der Waals surface area contributed by atoms with Gasteiger partial charge in [-0.05, 0) is 23.6 Å². The van der Waals surface area contributed by atoms with E-state index in [0.29, 0.717) is 0 Å². The van der Waals surface area contributed by atoms with E-state index >= 15 is 0 Å². The maximum Gasteiger partial charge on any atom is 0.125 e. The number of nitrogens with one attached hydrogen (secondary N) is 3. The summed E-state index contributed by atoms with van der Waals surface area (Å²) in [6, 6.07) is 20.7. The molecule has 0 radical (unpaired) electrons. The van der Waals surface area contributed by atoms with Crippen molar-refractivity contribution in [2.24, 2.45) is 0 Å². The molecule has 2 aromatic carbocycles. The van der Waals surface area contributed by atoms with Gasteiger partial charge in [-0.1, -0.05) is 42.5 Å². The lowest BCUT2D eigenvalue weighted by Crippen LogP contribution is -2.27. The second-order valence-corrected chi connectivity index (χ2v) is 5.35. The van der Waals surface area contributed by atoms with Gasteiger partial charge in [-0.3, -0.25) is 0 Å². The maximum absolute atomic E-state index is 4.23. The Balaban J connectivity index is 0.00000208. The third kappa shape index (κ3) is 5.11. The van der Waals surface area contributed by atoms with E-state index in [4.69, 9.17) is 0 Å². The summed E-state index contributed by atoms with van der Waals surface area (Å²) in [5.41, 5.74) is 1.19. The number of pyridine rings is 1. The third-order valence-corrected chi connectivity index (χ3v) is 3.68. The van der Waals surface area contributed by atoms with Crippen molar-refractivity contribution in [3.05, 3.63) is 66.9 Å². The lowest BCUT2D eigenvalue weighted by Gasteiger charge is -2.11. The highest BCUT2D eigenvalue weighted by Gasteiger charge is 1.98. The molecule has 0 atom stereocenters. The molecule has 24 heavy (non-hydrogen) atoms. The van der Waals surface area contributed by atoms with Crippen LogP contribution in [-0.4, -0.2) is 31.2 Å². The molecule has 0 fully saturated rings. The van der Waals surface area contributed by atoms with Crippen molar-refractivity contribution in [2.75, 3.05) is 36.8 Å². The summed E-state index contributed by atoms with van der Waals surface area (Å²) >= 11 is 0. The van der Waals surface area contributed by atoms with Gasteiger partial charge < -0.3 is 16.0 Å². The molecule has 1 aromatic heterocycles. The standard InChI is InChI=1S/C19H22N4.ClH/c1-2-8-17-16(6-1)7-5-9-18(17)21-14-12-20-13-15-23-19-10-3-4-11-22-19;/h1-11,20-21H,12-15H2,(H,22,23);1H. The van der Waals surface area contributed by atoms with Crippen molar-refractivity contribution in [3.63, 3.8) is 0 Å². The highest BCUT2D eigenvalue weighted by molar-refractivity contribution is 5.93. The number of nitrogens with zero attached hydrogens (tertiary/aromatic N) is 1. The molecule has 3 N–H and O–H groups in total. The Kier molecular flexibility index (Phi) is 7.33. The number of anilines is 2. The second-order valence-electron chi connectivity index (χ2n) is 5.35. The number of rotatable bonds is 8. The fourth-order valence-electron chi connectivity index (χ4n) is 2.54. The van der Waals surface area contributed by atoms with Gasteiger partial charge in [0.05, 0.1) is 0 Å². The average molecular weight is 343 g/mol. The van der Waals surface area contributed by atoms with Gasteiger partial charge >= 0.3 is 0 Å². The van der Waals surface area contributed by atoms with Crippen molar-refractivity contribution in [2.45, 2.75) is 0 Å². The van der Waals surface area contributed by atoms with Gasteiger partial charge in [0.2, 0.25) is 0 Å². The highest BCUT2D eigenvalue weighted by atomic mass is 35.5. The van der Waals surface area contributed by atoms with Crippen LogP contribution in [0.25, 0.3) is 10.8 Å². The Morgan fingerprint density at radius 3 is 2.29 bits per heavy atom. The zero-order chi connectivity index (χ0) is 15.7. The molecule has 4 nitrogen and oxygen atoms in total. The largest absolute Gasteiger partial charge is 0.383 e. The molecule has 126 valence electrons. The Bertz CT molecular complexity index is 728. The molecule has 0 spiro atoms. The summed E-state index contributed by atoms with van der Waals surface area (Å²) in [5.74, 6) is 0.920. The summed E-state index contributed by atoms with van der Waals surface area (Å²) in [4.78, 5) is 4.23. The van der Waals surface area contributed by atoms with E-state index in [1.165, 1.54) is 16.5 Å². The van der Waals surface area contributed by atoms with Crippen molar-refractivity contribution >= 4 is 34.7 Å². The van der Waals surface area contributed by atoms with Crippen LogP contribution in [0.15, 0.2) is 66.9 Å². The molecular formula is C19H23ClN4. The molecule has 0 bridgehead atoms. The molecule has 3 aromatic rings. The minimum Gasteiger partial charge on any atom is -0.383 e. The van der Waals surface area contributed by atoms with Gasteiger partial charge in [-0.25, -0.2) is 4.98 Å². The first-order chi connectivity index (χ1) is 11.4. The summed E-state index contributed by atoms with van der Waals surface area (Å²) in [7, 11) is 0. The van der Waals surface area contributed by atoms with Gasteiger partial charge in [0.25, 0.3) is 0 Å². The Morgan fingerprint density at radius 1 is 0.708 bits per heavy atom. The number of hydrogen-bond acceptors (Lipinski definition) is 4. The van der Waals surface area contributed by atoms with Crippen LogP contribution in [0.3, 0.4) is 0 Å². The van der Waals surface area contributed by atoms with E-state index in [1.54, 1.807) is 6.20 Å². The van der Waals surface area contributed by atoms with E-state index in [9.17, 15) is 0 Å². The fourth-order valence-corrected chi connectivity index (χ4v) is 2.54. The predicted molar refractivity (Wildman–Crippen MR) is 105 cm³/mol. The van der Waals surface area contributed by atoms with Crippen LogP contribution in [0.2, 0.25) is 0 Å². The predicted octanol–water partition coefficient (Wildman–Crippen LogP) is 3.77. The quantitative estimate of drug-likeness (QED) is 0.545. The normalized spacial score (nSPS) is 10.2. The fraction of sp³-hybridized carbons (Fsp3) is 0.211. The van der Waals surface area contributed by atoms with E-state index < -0.39 is 0 Å². The van der Waals surface area contributed by atoms with E-state index in [1.807, 2.05) is 18.2 Å². The Hall–Kier alpha value is -2.30. The third-order valence-electron chi connectivity index (χ3n) is 3.68. The minimum absolute atomic E-state index is 0. The van der Waals surface area contributed by atoms with Crippen LogP contribution in [-0.2, 0) is 0 Å². The van der Waals surface area contributed by atoms with Gasteiger partial charge in [0.15, 0.2) is 0 Å². The van der Waals surface area contributed by atoms with Crippen LogP contribution < -0.4 is 16.0 Å². The molecule has 0 saturated carbocycles. The highest BCUT2D eigenvalue weighted by Crippen LogP contribution is 2.22. The van der Waals surface area contributed by atoms with Gasteiger partial charge in [-0.15, -0.1) is 12.4 Å². The first kappa shape index (κ1) is 18.0. The van der Waals surface area contributed by atoms with E-state index in [2.05, 4.69) is 63.4 Å². The molecule has 0 saturated heterocycles. The molecule has 0 aliphatic carbocycles. The molecule has 5 heteroatoms. The summed E-state index contributed by atoms with van der Waals surface area (Å²) in [5, 5.41) is 12.7. The molecule has 0 unspecified atom stereocenters. The Morgan fingerprint density at radius 2 is 1.46 bits per heavy atom. The van der Waals surface area contributed by atoms with Gasteiger partial charge in [0, 0.05) is 43.4 Å². The van der Waals surface area contributed by atoms with Crippen molar-refractivity contribution in [3.8, 4) is 0 Å². The summed E-state index contributed by atoms with van der Waals surface area (Å²) < 4.78 is 0. The zero-order valence-electron chi connectivity index (χ0n) is 13.5. The lowest BCUT2D eigenvalue weighted by atomic mass is 10.1. The van der Waals surface area contributed by atoms with Crippen molar-refractivity contribution < 1.29 is 0 Å². The topological polar surface area (TPSA) is 49.0 Å². The minimum atomic E-state index is 0. The maximum atomic E-state index is 4.23. The van der Waals surface area contributed by atoms with Crippen LogP contribution in [0.1, 0.15) is 0 Å². The number of fused-ring (bicyclic) bond motifs is 1. The van der Waals surface area contributed by atoms with Crippen LogP contribution in [0, 0.1) is 0 Å². The van der Waals surface area contributed by atoms with Crippen molar-refractivity contribution in [1.82, 2.24) is 10.3 Å². The summed E-state index contributed by atoms with van der Waals surface area (Å²) in [6.45, 7) is 3.60. The van der Waals surface area contributed by atoms with Crippen LogP contribution in [0.4, 0.5) is 11.5 Å². The van der Waals surface area contributed by atoms with Crippen LogP contribution in [0.5, 0.6) is 0 Å². The molecule has 0 aliphatic rings. The smallest absolute Gasteiger partial charge is 0.125 e. The first-order valence-electron chi connectivity index (χ1n) is 8.01. The average Bonchev–Trinajstić information content (AvgIpc) is 2.62. The molecule has 0 amide bonds. The lowest BCUT2D eigenvalue weighted by molar-refractivity contribution is 0.718. The molecular weight excluding hydrogens is 320 g/mol. The summed E-state index contributed by atoms with van der Waals surface area (Å²) in [6.07, 6.45) is 1.80. The second kappa shape index (κ2) is 9.75. The van der Waals surface area contributed by atoms with E-state index in [0.717, 1.165) is 32.0 Å². The Labute approximate surface area is 149 Å². The number of halogens is 1. The number of aromatic nitrogens is 1. The van der Waals surface area contributed by atoms with Gasteiger partial charge in [-0.2, -0.15) is 0 Å². The number of hydrogen-bond donors (Lipinski definition) is 3. The SMILES string of the molecule is Cl.c1ccc(NCCNCCNc2cccc3ccccc23)nc1. The van der Waals surface area contributed by atoms with Crippen molar-refractivity contribution in [1.29, 1.82) is 0 Å². The molecule has 0 aliphatic heterocycles. The molecule has 1 heterocycles. The monoisotopic (exact) mass is 342 g/mol. The zero-order valence-corrected chi connectivity index (χ0v) is 14.4. The molecule has 3 rings (SSSR count). The van der Waals surface area contributed by atoms with Crippen LogP contribution >= 0.6 is 12.4 Å². The first-order valence-corrected chi connectivity index (χ1v) is 8.01. The number of benzene rings is 2. The van der Waals surface area contributed by atoms with E-state index in [-0.39, 0.29) is 12.4 Å². The van der Waals surface area contributed by atoms with Gasteiger partial charge in [0.1, 0.15) is 5.82 Å².